The van der Waals surface area contributed by atoms with Gasteiger partial charge in [-0.3, -0.25) is 0 Å². The van der Waals surface area contributed by atoms with Crippen LogP contribution in [0, 0.1) is 0 Å². The Morgan fingerprint density at radius 1 is 0.905 bits per heavy atom. The lowest BCUT2D eigenvalue weighted by Crippen LogP contribution is -2.01. The second-order valence-corrected chi connectivity index (χ2v) is 4.64. The molecule has 0 heterocycles. The molecule has 3 N–H and O–H groups in total. The van der Waals surface area contributed by atoms with Gasteiger partial charge in [0.1, 0.15) is 17.2 Å². The lowest BCUT2D eigenvalue weighted by Gasteiger charge is -2.16. The highest BCUT2D eigenvalue weighted by Crippen LogP contribution is 2.39. The fourth-order valence-electron chi connectivity index (χ4n) is 1.93. The largest absolute Gasteiger partial charge is 0.495 e. The first-order chi connectivity index (χ1) is 10.1. The van der Waals surface area contributed by atoms with Gasteiger partial charge in [-0.2, -0.15) is 0 Å². The van der Waals surface area contributed by atoms with Crippen molar-refractivity contribution in [3.8, 4) is 17.2 Å². The molecule has 21 heavy (non-hydrogen) atoms. The molecule has 0 bridgehead atoms. The number of nitrogens with two attached hydrogens (primary N) is 1. The zero-order valence-corrected chi connectivity index (χ0v) is 12.8. The smallest absolute Gasteiger partial charge is 0.146 e. The van der Waals surface area contributed by atoms with Crippen LogP contribution < -0.4 is 25.3 Å². The molecule has 2 aromatic carbocycles. The van der Waals surface area contributed by atoms with Crippen LogP contribution in [0.2, 0.25) is 5.02 Å². The summed E-state index contributed by atoms with van der Waals surface area (Å²) in [4.78, 5) is 0. The van der Waals surface area contributed by atoms with E-state index in [-0.39, 0.29) is 0 Å². The van der Waals surface area contributed by atoms with Gasteiger partial charge in [-0.15, -0.1) is 0 Å². The fourth-order valence-corrected chi connectivity index (χ4v) is 2.17. The molecular formula is C15H17ClN2O3. The number of anilines is 3. The predicted molar refractivity (Wildman–Crippen MR) is 85.2 cm³/mol. The van der Waals surface area contributed by atoms with E-state index in [0.29, 0.717) is 39.3 Å². The van der Waals surface area contributed by atoms with Crippen molar-refractivity contribution in [2.45, 2.75) is 0 Å². The topological polar surface area (TPSA) is 65.7 Å². The zero-order chi connectivity index (χ0) is 15.4. The molecule has 0 fully saturated rings. The summed E-state index contributed by atoms with van der Waals surface area (Å²) < 4.78 is 15.7. The highest BCUT2D eigenvalue weighted by molar-refractivity contribution is 6.32. The summed E-state index contributed by atoms with van der Waals surface area (Å²) >= 11 is 6.15. The normalized spacial score (nSPS) is 10.1. The van der Waals surface area contributed by atoms with Crippen molar-refractivity contribution in [3.63, 3.8) is 0 Å². The van der Waals surface area contributed by atoms with Crippen LogP contribution in [-0.4, -0.2) is 21.3 Å². The van der Waals surface area contributed by atoms with Gasteiger partial charge in [-0.05, 0) is 18.2 Å². The molecule has 0 saturated carbocycles. The molecule has 0 saturated heterocycles. The van der Waals surface area contributed by atoms with Gasteiger partial charge in [-0.25, -0.2) is 0 Å². The molecule has 5 nitrogen and oxygen atoms in total. The van der Waals surface area contributed by atoms with Crippen molar-refractivity contribution in [3.05, 3.63) is 35.4 Å². The van der Waals surface area contributed by atoms with Crippen LogP contribution in [0.3, 0.4) is 0 Å². The summed E-state index contributed by atoms with van der Waals surface area (Å²) in [5, 5.41) is 3.66. The second kappa shape index (κ2) is 6.45. The summed E-state index contributed by atoms with van der Waals surface area (Å²) in [7, 11) is 4.69. The molecule has 0 aliphatic heterocycles. The first-order valence-electron chi connectivity index (χ1n) is 6.21. The van der Waals surface area contributed by atoms with E-state index in [4.69, 9.17) is 31.5 Å². The summed E-state index contributed by atoms with van der Waals surface area (Å²) in [6, 6.07) is 8.91. The van der Waals surface area contributed by atoms with E-state index < -0.39 is 0 Å². The fraction of sp³-hybridized carbons (Fsp3) is 0.200. The molecule has 0 atom stereocenters. The van der Waals surface area contributed by atoms with E-state index >= 15 is 0 Å². The maximum absolute atomic E-state index is 6.15. The summed E-state index contributed by atoms with van der Waals surface area (Å²) in [5.41, 5.74) is 7.94. The van der Waals surface area contributed by atoms with Gasteiger partial charge >= 0.3 is 0 Å². The van der Waals surface area contributed by atoms with E-state index in [2.05, 4.69) is 5.32 Å². The van der Waals surface area contributed by atoms with Crippen molar-refractivity contribution < 1.29 is 14.2 Å². The standard InChI is InChI=1S/C15H17ClN2O3/c1-19-12-6-4-5-10(15(12)17)18-11-7-9(16)13(20-2)8-14(11)21-3/h4-8,18H,17H2,1-3H3. The van der Waals surface area contributed by atoms with E-state index in [9.17, 15) is 0 Å². The van der Waals surface area contributed by atoms with Gasteiger partial charge in [0, 0.05) is 6.07 Å². The number of benzene rings is 2. The zero-order valence-electron chi connectivity index (χ0n) is 12.1. The van der Waals surface area contributed by atoms with Gasteiger partial charge in [0.25, 0.3) is 0 Å². The minimum Gasteiger partial charge on any atom is -0.495 e. The average molecular weight is 309 g/mol. The monoisotopic (exact) mass is 308 g/mol. The third-order valence-corrected chi connectivity index (χ3v) is 3.32. The Morgan fingerprint density at radius 2 is 1.57 bits per heavy atom. The Kier molecular flexibility index (Phi) is 4.65. The molecule has 0 aliphatic carbocycles. The van der Waals surface area contributed by atoms with Crippen molar-refractivity contribution in [2.24, 2.45) is 0 Å². The van der Waals surface area contributed by atoms with Crippen LogP contribution >= 0.6 is 11.6 Å². The lowest BCUT2D eigenvalue weighted by atomic mass is 10.2. The number of hydrogen-bond donors (Lipinski definition) is 2. The van der Waals surface area contributed by atoms with Gasteiger partial charge in [0.15, 0.2) is 0 Å². The van der Waals surface area contributed by atoms with Gasteiger partial charge < -0.3 is 25.3 Å². The molecular weight excluding hydrogens is 292 g/mol. The van der Waals surface area contributed by atoms with E-state index in [1.165, 1.54) is 0 Å². The van der Waals surface area contributed by atoms with Crippen LogP contribution in [0.15, 0.2) is 30.3 Å². The van der Waals surface area contributed by atoms with Crippen molar-refractivity contribution in [2.75, 3.05) is 32.4 Å². The molecule has 0 aliphatic rings. The van der Waals surface area contributed by atoms with Crippen molar-refractivity contribution in [1.29, 1.82) is 0 Å². The molecule has 112 valence electrons. The Morgan fingerprint density at radius 3 is 2.19 bits per heavy atom. The quantitative estimate of drug-likeness (QED) is 0.825. The van der Waals surface area contributed by atoms with Crippen molar-refractivity contribution in [1.82, 2.24) is 0 Å². The highest BCUT2D eigenvalue weighted by atomic mass is 35.5. The van der Waals surface area contributed by atoms with E-state index in [1.54, 1.807) is 39.5 Å². The number of nitrogens with one attached hydrogen (secondary N) is 1. The van der Waals surface area contributed by atoms with E-state index in [1.807, 2.05) is 12.1 Å². The Labute approximate surface area is 128 Å². The predicted octanol–water partition coefficient (Wildman–Crippen LogP) is 3.69. The van der Waals surface area contributed by atoms with Crippen LogP contribution in [0.1, 0.15) is 0 Å². The van der Waals surface area contributed by atoms with Crippen molar-refractivity contribution >= 4 is 28.7 Å². The average Bonchev–Trinajstić information content (AvgIpc) is 2.49. The molecule has 0 spiro atoms. The molecule has 2 aromatic rings. The minimum absolute atomic E-state index is 0.474. The minimum atomic E-state index is 0.474. The van der Waals surface area contributed by atoms with Crippen LogP contribution in [-0.2, 0) is 0 Å². The number of methoxy groups -OCH3 is 3. The first-order valence-corrected chi connectivity index (χ1v) is 6.59. The van der Waals surface area contributed by atoms with Gasteiger partial charge in [-0.1, -0.05) is 17.7 Å². The molecule has 2 rings (SSSR count). The number of para-hydroxylation sites is 1. The number of nitrogen functional groups attached to an aromatic ring is 1. The molecule has 0 aromatic heterocycles. The SMILES string of the molecule is COc1cc(OC)c(Nc2cccc(OC)c2N)cc1Cl. The number of hydrogen-bond acceptors (Lipinski definition) is 5. The van der Waals surface area contributed by atoms with Crippen LogP contribution in [0.5, 0.6) is 17.2 Å². The lowest BCUT2D eigenvalue weighted by molar-refractivity contribution is 0.396. The highest BCUT2D eigenvalue weighted by Gasteiger charge is 2.12. The Bertz CT molecular complexity index is 647. The third kappa shape index (κ3) is 3.08. The van der Waals surface area contributed by atoms with Gasteiger partial charge in [0.05, 0.1) is 43.4 Å². The maximum atomic E-state index is 6.15. The van der Waals surface area contributed by atoms with Crippen LogP contribution in [0.25, 0.3) is 0 Å². The Hall–Kier alpha value is -2.27. The number of rotatable bonds is 5. The number of halogens is 1. The van der Waals surface area contributed by atoms with E-state index in [0.717, 1.165) is 0 Å². The second-order valence-electron chi connectivity index (χ2n) is 4.23. The van der Waals surface area contributed by atoms with Crippen LogP contribution in [0.4, 0.5) is 17.1 Å². The molecule has 0 unspecified atom stereocenters. The summed E-state index contributed by atoms with van der Waals surface area (Å²) in [5.74, 6) is 1.73. The third-order valence-electron chi connectivity index (χ3n) is 3.03. The molecule has 0 radical (unpaired) electrons. The summed E-state index contributed by atoms with van der Waals surface area (Å²) in [6.45, 7) is 0. The Balaban J connectivity index is 2.42. The molecule has 6 heteroatoms. The summed E-state index contributed by atoms with van der Waals surface area (Å²) in [6.07, 6.45) is 0. The number of ether oxygens (including phenoxy) is 3. The molecule has 0 amide bonds. The first kappa shape index (κ1) is 15.1. The van der Waals surface area contributed by atoms with Gasteiger partial charge in [0.2, 0.25) is 0 Å². The maximum Gasteiger partial charge on any atom is 0.146 e.